The number of likely N-dealkylation sites (tertiary alicyclic amines) is 1. The number of nitrogens with two attached hydrogens (primary N) is 1. The maximum atomic E-state index is 12.0. The van der Waals surface area contributed by atoms with Crippen molar-refractivity contribution in [3.05, 3.63) is 0 Å². The zero-order valence-electron chi connectivity index (χ0n) is 12.7. The largest absolute Gasteiger partial charge is 0.375 e. The number of nitrogens with zero attached hydrogens (tertiary/aromatic N) is 1. The first-order valence-corrected chi connectivity index (χ1v) is 7.32. The summed E-state index contributed by atoms with van der Waals surface area (Å²) in [6.07, 6.45) is 2.43. The first-order chi connectivity index (χ1) is 9.49. The number of methoxy groups -OCH3 is 1. The summed E-state index contributed by atoms with van der Waals surface area (Å²) >= 11 is 0. The summed E-state index contributed by atoms with van der Waals surface area (Å²) in [7, 11) is 1.52. The molecule has 116 valence electrons. The number of piperidine rings is 1. The molecule has 2 atom stereocenters. The number of hydrogen-bond donors (Lipinski definition) is 2. The molecule has 6 heteroatoms. The molecule has 1 saturated heterocycles. The van der Waals surface area contributed by atoms with E-state index in [1.807, 2.05) is 13.8 Å². The van der Waals surface area contributed by atoms with E-state index in [1.54, 1.807) is 4.90 Å². The molecule has 0 aromatic heterocycles. The molecule has 0 unspecified atom stereocenters. The van der Waals surface area contributed by atoms with E-state index in [0.717, 1.165) is 19.3 Å². The van der Waals surface area contributed by atoms with Gasteiger partial charge in [0.25, 0.3) is 0 Å². The molecule has 0 aliphatic carbocycles. The Morgan fingerprint density at radius 2 is 2.00 bits per heavy atom. The fraction of sp³-hybridized carbons (Fsp3) is 0.857. The van der Waals surface area contributed by atoms with Crippen molar-refractivity contribution >= 4 is 11.8 Å². The average molecular weight is 285 g/mol. The van der Waals surface area contributed by atoms with E-state index in [0.29, 0.717) is 13.1 Å². The number of carbonyl (C=O) groups excluding carboxylic acids is 2. The van der Waals surface area contributed by atoms with Gasteiger partial charge in [0, 0.05) is 26.2 Å². The van der Waals surface area contributed by atoms with Crippen molar-refractivity contribution in [2.75, 3.05) is 26.8 Å². The molecule has 0 saturated carbocycles. The summed E-state index contributed by atoms with van der Waals surface area (Å²) in [5.41, 5.74) is 5.91. The van der Waals surface area contributed by atoms with Gasteiger partial charge < -0.3 is 20.7 Å². The summed E-state index contributed by atoms with van der Waals surface area (Å²) < 4.78 is 4.84. The van der Waals surface area contributed by atoms with Crippen LogP contribution in [0.4, 0.5) is 0 Å². The topological polar surface area (TPSA) is 84.7 Å². The summed E-state index contributed by atoms with van der Waals surface area (Å²) in [5, 5.41) is 2.99. The van der Waals surface area contributed by atoms with Gasteiger partial charge in [0.1, 0.15) is 6.61 Å². The van der Waals surface area contributed by atoms with Crippen LogP contribution in [0.5, 0.6) is 0 Å². The Morgan fingerprint density at radius 3 is 2.50 bits per heavy atom. The van der Waals surface area contributed by atoms with Gasteiger partial charge in [-0.3, -0.25) is 9.59 Å². The number of carbonyl (C=O) groups is 2. The molecule has 6 nitrogen and oxygen atoms in total. The molecular weight excluding hydrogens is 258 g/mol. The van der Waals surface area contributed by atoms with Crippen molar-refractivity contribution in [3.8, 4) is 0 Å². The summed E-state index contributed by atoms with van der Waals surface area (Å²) in [5.74, 6) is 0.105. The molecule has 1 heterocycles. The van der Waals surface area contributed by atoms with E-state index in [1.165, 1.54) is 7.11 Å². The Labute approximate surface area is 121 Å². The Hall–Kier alpha value is -1.14. The fourth-order valence-electron chi connectivity index (χ4n) is 2.30. The van der Waals surface area contributed by atoms with E-state index < -0.39 is 6.04 Å². The molecule has 0 spiro atoms. The van der Waals surface area contributed by atoms with E-state index >= 15 is 0 Å². The van der Waals surface area contributed by atoms with Crippen molar-refractivity contribution in [1.29, 1.82) is 0 Å². The van der Waals surface area contributed by atoms with Crippen LogP contribution in [0.2, 0.25) is 0 Å². The van der Waals surface area contributed by atoms with E-state index in [9.17, 15) is 9.59 Å². The minimum atomic E-state index is -0.451. The third-order valence-electron chi connectivity index (χ3n) is 4.02. The molecule has 1 aliphatic rings. The van der Waals surface area contributed by atoms with E-state index in [2.05, 4.69) is 5.32 Å². The van der Waals surface area contributed by atoms with E-state index in [-0.39, 0.29) is 30.4 Å². The molecule has 2 amide bonds. The van der Waals surface area contributed by atoms with Crippen molar-refractivity contribution in [2.24, 2.45) is 11.7 Å². The first-order valence-electron chi connectivity index (χ1n) is 7.32. The fourth-order valence-corrected chi connectivity index (χ4v) is 2.30. The van der Waals surface area contributed by atoms with Crippen molar-refractivity contribution < 1.29 is 14.3 Å². The monoisotopic (exact) mass is 285 g/mol. The van der Waals surface area contributed by atoms with Crippen LogP contribution in [0.15, 0.2) is 0 Å². The molecule has 0 aromatic carbocycles. The highest BCUT2D eigenvalue weighted by atomic mass is 16.5. The molecule has 20 heavy (non-hydrogen) atoms. The van der Waals surface area contributed by atoms with Crippen LogP contribution < -0.4 is 11.1 Å². The zero-order chi connectivity index (χ0) is 15.1. The van der Waals surface area contributed by atoms with Crippen molar-refractivity contribution in [2.45, 2.75) is 45.2 Å². The minimum absolute atomic E-state index is 0.00795. The lowest BCUT2D eigenvalue weighted by Crippen LogP contribution is -2.52. The normalized spacial score (nSPS) is 19.5. The second-order valence-electron chi connectivity index (χ2n) is 5.51. The van der Waals surface area contributed by atoms with E-state index in [4.69, 9.17) is 10.5 Å². The highest BCUT2D eigenvalue weighted by molar-refractivity contribution is 5.82. The number of rotatable bonds is 6. The average Bonchev–Trinajstić information content (AvgIpc) is 2.46. The van der Waals surface area contributed by atoms with Crippen LogP contribution >= 0.6 is 0 Å². The zero-order valence-corrected chi connectivity index (χ0v) is 12.7. The second kappa shape index (κ2) is 8.21. The molecule has 0 bridgehead atoms. The van der Waals surface area contributed by atoms with Crippen molar-refractivity contribution in [1.82, 2.24) is 10.2 Å². The van der Waals surface area contributed by atoms with Gasteiger partial charge in [0.2, 0.25) is 11.8 Å². The van der Waals surface area contributed by atoms with Crippen LogP contribution in [-0.2, 0) is 14.3 Å². The van der Waals surface area contributed by atoms with Gasteiger partial charge in [0.05, 0.1) is 6.04 Å². The standard InChI is InChI=1S/C14H27N3O3/c1-4-10(2)13(15)14(19)16-11-5-7-17(8-6-11)12(18)9-20-3/h10-11,13H,4-9,15H2,1-3H3,(H,16,19)/t10-,13-/m0/s1. The summed E-state index contributed by atoms with van der Waals surface area (Å²) in [6.45, 7) is 5.45. The van der Waals surface area contributed by atoms with Gasteiger partial charge >= 0.3 is 0 Å². The van der Waals surface area contributed by atoms with Crippen molar-refractivity contribution in [3.63, 3.8) is 0 Å². The first kappa shape index (κ1) is 16.9. The maximum absolute atomic E-state index is 12.0. The molecule has 1 rings (SSSR count). The Kier molecular flexibility index (Phi) is 6.95. The number of nitrogens with one attached hydrogen (secondary N) is 1. The number of amides is 2. The lowest BCUT2D eigenvalue weighted by molar-refractivity contribution is -0.136. The molecule has 3 N–H and O–H groups in total. The maximum Gasteiger partial charge on any atom is 0.248 e. The highest BCUT2D eigenvalue weighted by Crippen LogP contribution is 2.12. The van der Waals surface area contributed by atoms with Crippen LogP contribution in [-0.4, -0.2) is 55.6 Å². The lowest BCUT2D eigenvalue weighted by Gasteiger charge is -2.33. The Bertz CT molecular complexity index is 328. The lowest BCUT2D eigenvalue weighted by atomic mass is 9.98. The Morgan fingerprint density at radius 1 is 1.40 bits per heavy atom. The van der Waals surface area contributed by atoms with Gasteiger partial charge in [-0.2, -0.15) is 0 Å². The number of ether oxygens (including phenoxy) is 1. The van der Waals surface area contributed by atoms with Gasteiger partial charge in [-0.05, 0) is 18.8 Å². The van der Waals surface area contributed by atoms with Gasteiger partial charge in [-0.1, -0.05) is 20.3 Å². The summed E-state index contributed by atoms with van der Waals surface area (Å²) in [4.78, 5) is 25.4. The van der Waals surface area contributed by atoms with Gasteiger partial charge in [-0.25, -0.2) is 0 Å². The smallest absolute Gasteiger partial charge is 0.248 e. The Balaban J connectivity index is 2.35. The molecule has 1 aliphatic heterocycles. The molecule has 1 fully saturated rings. The van der Waals surface area contributed by atoms with Crippen LogP contribution in [0.25, 0.3) is 0 Å². The molecule has 0 aromatic rings. The molecule has 0 radical (unpaired) electrons. The molecular formula is C14H27N3O3. The SMILES string of the molecule is CC[C@H](C)[C@H](N)C(=O)NC1CCN(C(=O)COC)CC1. The second-order valence-corrected chi connectivity index (χ2v) is 5.51. The predicted octanol–water partition coefficient (Wildman–Crippen LogP) is 0.113. The third-order valence-corrected chi connectivity index (χ3v) is 4.02. The highest BCUT2D eigenvalue weighted by Gasteiger charge is 2.26. The minimum Gasteiger partial charge on any atom is -0.375 e. The summed E-state index contributed by atoms with van der Waals surface area (Å²) in [6, 6.07) is -0.336. The van der Waals surface area contributed by atoms with Crippen LogP contribution in [0.1, 0.15) is 33.1 Å². The van der Waals surface area contributed by atoms with Crippen LogP contribution in [0.3, 0.4) is 0 Å². The number of hydrogen-bond acceptors (Lipinski definition) is 4. The quantitative estimate of drug-likeness (QED) is 0.725. The van der Waals surface area contributed by atoms with Gasteiger partial charge in [0.15, 0.2) is 0 Å². The third kappa shape index (κ3) is 4.76. The van der Waals surface area contributed by atoms with Crippen LogP contribution in [0, 0.1) is 5.92 Å². The predicted molar refractivity (Wildman–Crippen MR) is 77.1 cm³/mol. The van der Waals surface area contributed by atoms with Gasteiger partial charge in [-0.15, -0.1) is 0 Å².